The first-order valence-electron chi connectivity index (χ1n) is 6.99. The number of carbonyl (C=O) groups excluding carboxylic acids is 1. The Balaban J connectivity index is 1.91. The molecule has 1 aromatic rings. The summed E-state index contributed by atoms with van der Waals surface area (Å²) in [6.45, 7) is 5.64. The maximum atomic E-state index is 12.3. The second-order valence-corrected chi connectivity index (χ2v) is 6.11. The number of hydrogen-bond acceptors (Lipinski definition) is 5. The highest BCUT2D eigenvalue weighted by atomic mass is 32.2. The SMILES string of the molecule is CNCC1CCCN1C(=O)CSc1nc(C)cc(C)n1. The fourth-order valence-corrected chi connectivity index (χ4v) is 3.41. The summed E-state index contributed by atoms with van der Waals surface area (Å²) in [5, 5.41) is 3.85. The summed E-state index contributed by atoms with van der Waals surface area (Å²) in [6.07, 6.45) is 2.19. The second kappa shape index (κ2) is 7.04. The molecule has 1 unspecified atom stereocenters. The number of rotatable bonds is 5. The van der Waals surface area contributed by atoms with E-state index in [1.807, 2.05) is 31.9 Å². The van der Waals surface area contributed by atoms with Crippen LogP contribution in [-0.2, 0) is 4.79 Å². The summed E-state index contributed by atoms with van der Waals surface area (Å²) in [6, 6.07) is 2.28. The highest BCUT2D eigenvalue weighted by Crippen LogP contribution is 2.20. The minimum absolute atomic E-state index is 0.190. The lowest BCUT2D eigenvalue weighted by Gasteiger charge is -2.24. The lowest BCUT2D eigenvalue weighted by Crippen LogP contribution is -2.41. The van der Waals surface area contributed by atoms with E-state index in [1.165, 1.54) is 11.8 Å². The van der Waals surface area contributed by atoms with Gasteiger partial charge in [-0.3, -0.25) is 4.79 Å². The van der Waals surface area contributed by atoms with E-state index >= 15 is 0 Å². The van der Waals surface area contributed by atoms with Gasteiger partial charge in [0.2, 0.25) is 5.91 Å². The van der Waals surface area contributed by atoms with Gasteiger partial charge in [-0.2, -0.15) is 0 Å². The average Bonchev–Trinajstić information content (AvgIpc) is 2.83. The lowest BCUT2D eigenvalue weighted by molar-refractivity contribution is -0.129. The Labute approximate surface area is 124 Å². The Hall–Kier alpha value is -1.14. The van der Waals surface area contributed by atoms with Gasteiger partial charge in [0.1, 0.15) is 0 Å². The molecule has 1 N–H and O–H groups in total. The molecule has 20 heavy (non-hydrogen) atoms. The minimum atomic E-state index is 0.190. The Bertz CT molecular complexity index is 460. The van der Waals surface area contributed by atoms with Crippen LogP contribution in [0.4, 0.5) is 0 Å². The zero-order valence-electron chi connectivity index (χ0n) is 12.3. The molecule has 5 nitrogen and oxygen atoms in total. The van der Waals surface area contributed by atoms with Gasteiger partial charge in [-0.15, -0.1) is 0 Å². The molecule has 1 saturated heterocycles. The number of carbonyl (C=O) groups is 1. The third-order valence-corrected chi connectivity index (χ3v) is 4.26. The molecule has 1 amide bonds. The maximum Gasteiger partial charge on any atom is 0.233 e. The largest absolute Gasteiger partial charge is 0.338 e. The Morgan fingerprint density at radius 1 is 1.45 bits per heavy atom. The van der Waals surface area contributed by atoms with Gasteiger partial charge < -0.3 is 10.2 Å². The number of amides is 1. The smallest absolute Gasteiger partial charge is 0.233 e. The molecule has 2 heterocycles. The van der Waals surface area contributed by atoms with E-state index in [1.54, 1.807) is 0 Å². The third-order valence-electron chi connectivity index (χ3n) is 3.42. The van der Waals surface area contributed by atoms with Crippen molar-refractivity contribution in [2.24, 2.45) is 0 Å². The summed E-state index contributed by atoms with van der Waals surface area (Å²) in [7, 11) is 1.93. The van der Waals surface area contributed by atoms with Gasteiger partial charge in [0.15, 0.2) is 5.16 Å². The molecule has 6 heteroatoms. The predicted octanol–water partition coefficient (Wildman–Crippen LogP) is 1.40. The predicted molar refractivity (Wildman–Crippen MR) is 80.9 cm³/mol. The van der Waals surface area contributed by atoms with E-state index in [0.717, 1.165) is 37.3 Å². The number of aromatic nitrogens is 2. The zero-order valence-corrected chi connectivity index (χ0v) is 13.2. The molecule has 0 radical (unpaired) electrons. The molecule has 0 spiro atoms. The van der Waals surface area contributed by atoms with Crippen LogP contribution < -0.4 is 5.32 Å². The number of nitrogens with one attached hydrogen (secondary N) is 1. The van der Waals surface area contributed by atoms with Crippen molar-refractivity contribution in [1.29, 1.82) is 0 Å². The normalized spacial score (nSPS) is 18.6. The Kier molecular flexibility index (Phi) is 5.37. The molecular weight excluding hydrogens is 272 g/mol. The standard InChI is InChI=1S/C14H22N4OS/c1-10-7-11(2)17-14(16-10)20-9-13(19)18-6-4-5-12(18)8-15-3/h7,12,15H,4-6,8-9H2,1-3H3. The summed E-state index contributed by atoms with van der Waals surface area (Å²) in [5.41, 5.74) is 1.89. The van der Waals surface area contributed by atoms with E-state index in [-0.39, 0.29) is 5.91 Å². The van der Waals surface area contributed by atoms with Gasteiger partial charge in [-0.05, 0) is 39.8 Å². The van der Waals surface area contributed by atoms with Crippen LogP contribution in [0.15, 0.2) is 11.2 Å². The van der Waals surface area contributed by atoms with Gasteiger partial charge in [0, 0.05) is 30.5 Å². The van der Waals surface area contributed by atoms with E-state index < -0.39 is 0 Å². The first-order valence-corrected chi connectivity index (χ1v) is 7.98. The Morgan fingerprint density at radius 3 is 2.80 bits per heavy atom. The van der Waals surface area contributed by atoms with E-state index in [4.69, 9.17) is 0 Å². The first kappa shape index (κ1) is 15.3. The van der Waals surface area contributed by atoms with Crippen molar-refractivity contribution in [3.05, 3.63) is 17.5 Å². The van der Waals surface area contributed by atoms with E-state index in [0.29, 0.717) is 17.0 Å². The van der Waals surface area contributed by atoms with Crippen LogP contribution in [0, 0.1) is 13.8 Å². The molecule has 0 bridgehead atoms. The molecule has 1 aromatic heterocycles. The monoisotopic (exact) mass is 294 g/mol. The van der Waals surface area contributed by atoms with Gasteiger partial charge >= 0.3 is 0 Å². The number of nitrogens with zero attached hydrogens (tertiary/aromatic N) is 3. The van der Waals surface area contributed by atoms with Crippen molar-refractivity contribution in [3.63, 3.8) is 0 Å². The summed E-state index contributed by atoms with van der Waals surface area (Å²) in [4.78, 5) is 23.0. The van der Waals surface area contributed by atoms with Crippen LogP contribution in [-0.4, -0.2) is 52.7 Å². The fraction of sp³-hybridized carbons (Fsp3) is 0.643. The summed E-state index contributed by atoms with van der Waals surface area (Å²) < 4.78 is 0. The summed E-state index contributed by atoms with van der Waals surface area (Å²) in [5.74, 6) is 0.610. The molecule has 2 rings (SSSR count). The van der Waals surface area contributed by atoms with Crippen LogP contribution in [0.1, 0.15) is 24.2 Å². The lowest BCUT2D eigenvalue weighted by atomic mass is 10.2. The van der Waals surface area contributed by atoms with Crippen molar-refractivity contribution >= 4 is 17.7 Å². The number of aryl methyl sites for hydroxylation is 2. The third kappa shape index (κ3) is 3.93. The van der Waals surface area contributed by atoms with Crippen LogP contribution >= 0.6 is 11.8 Å². The van der Waals surface area contributed by atoms with Crippen molar-refractivity contribution < 1.29 is 4.79 Å². The van der Waals surface area contributed by atoms with Crippen molar-refractivity contribution in [1.82, 2.24) is 20.2 Å². The van der Waals surface area contributed by atoms with Gasteiger partial charge in [-0.25, -0.2) is 9.97 Å². The Morgan fingerprint density at radius 2 is 2.15 bits per heavy atom. The molecule has 110 valence electrons. The number of thioether (sulfide) groups is 1. The number of likely N-dealkylation sites (N-methyl/N-ethyl adjacent to an activating group) is 1. The molecule has 0 aliphatic carbocycles. The molecule has 1 aliphatic heterocycles. The van der Waals surface area contributed by atoms with Gasteiger partial charge in [-0.1, -0.05) is 11.8 Å². The summed E-state index contributed by atoms with van der Waals surface area (Å²) >= 11 is 1.43. The van der Waals surface area contributed by atoms with Gasteiger partial charge in [0.05, 0.1) is 5.75 Å². The highest BCUT2D eigenvalue weighted by Gasteiger charge is 2.27. The van der Waals surface area contributed by atoms with Crippen LogP contribution in [0.25, 0.3) is 0 Å². The average molecular weight is 294 g/mol. The van der Waals surface area contributed by atoms with Crippen molar-refractivity contribution in [3.8, 4) is 0 Å². The highest BCUT2D eigenvalue weighted by molar-refractivity contribution is 7.99. The van der Waals surface area contributed by atoms with E-state index in [9.17, 15) is 4.79 Å². The first-order chi connectivity index (χ1) is 9.60. The molecule has 1 aliphatic rings. The van der Waals surface area contributed by atoms with Gasteiger partial charge in [0.25, 0.3) is 0 Å². The maximum absolute atomic E-state index is 12.3. The number of hydrogen-bond donors (Lipinski definition) is 1. The van der Waals surface area contributed by atoms with E-state index in [2.05, 4.69) is 15.3 Å². The molecule has 1 fully saturated rings. The minimum Gasteiger partial charge on any atom is -0.338 e. The number of likely N-dealkylation sites (tertiary alicyclic amines) is 1. The molecule has 0 saturated carbocycles. The molecular formula is C14H22N4OS. The molecule has 1 atom stereocenters. The van der Waals surface area contributed by atoms with Crippen LogP contribution in [0.3, 0.4) is 0 Å². The van der Waals surface area contributed by atoms with Crippen LogP contribution in [0.2, 0.25) is 0 Å². The fourth-order valence-electron chi connectivity index (χ4n) is 2.58. The zero-order chi connectivity index (χ0) is 14.5. The quantitative estimate of drug-likeness (QED) is 0.657. The molecule has 0 aromatic carbocycles. The second-order valence-electron chi connectivity index (χ2n) is 5.16. The van der Waals surface area contributed by atoms with Crippen LogP contribution in [0.5, 0.6) is 0 Å². The topological polar surface area (TPSA) is 58.1 Å². The van der Waals surface area contributed by atoms with Crippen molar-refractivity contribution in [2.75, 3.05) is 25.9 Å². The van der Waals surface area contributed by atoms with Crippen molar-refractivity contribution in [2.45, 2.75) is 37.9 Å².